The number of nitrogen functional groups attached to an aromatic ring is 1. The highest BCUT2D eigenvalue weighted by molar-refractivity contribution is 5.62. The number of halogens is 1. The van der Waals surface area contributed by atoms with Crippen LogP contribution < -0.4 is 5.73 Å². The molecule has 0 amide bonds. The highest BCUT2D eigenvalue weighted by Crippen LogP contribution is 2.24. The molecule has 0 aliphatic heterocycles. The van der Waals surface area contributed by atoms with Crippen molar-refractivity contribution in [3.8, 4) is 23.0 Å². The Balaban J connectivity index is 1.99. The van der Waals surface area contributed by atoms with Crippen LogP contribution in [-0.4, -0.2) is 15.1 Å². The summed E-state index contributed by atoms with van der Waals surface area (Å²) in [6, 6.07) is 7.99. The van der Waals surface area contributed by atoms with Crippen molar-refractivity contribution >= 4 is 5.69 Å². The van der Waals surface area contributed by atoms with Gasteiger partial charge < -0.3 is 10.3 Å². The molecule has 0 unspecified atom stereocenters. The number of benzene rings is 1. The van der Waals surface area contributed by atoms with Gasteiger partial charge in [-0.05, 0) is 42.8 Å². The average molecular weight is 270 g/mol. The first-order valence-corrected chi connectivity index (χ1v) is 5.95. The van der Waals surface area contributed by atoms with Crippen LogP contribution in [0.2, 0.25) is 0 Å². The maximum absolute atomic E-state index is 13.1. The molecule has 2 N–H and O–H groups in total. The van der Waals surface area contributed by atoms with Gasteiger partial charge in [0.15, 0.2) is 0 Å². The molecule has 0 saturated heterocycles. The van der Waals surface area contributed by atoms with Crippen LogP contribution in [0.5, 0.6) is 0 Å². The van der Waals surface area contributed by atoms with E-state index < -0.39 is 5.82 Å². The second-order valence-electron chi connectivity index (χ2n) is 4.38. The summed E-state index contributed by atoms with van der Waals surface area (Å²) in [6.07, 6.45) is 1.68. The van der Waals surface area contributed by atoms with Gasteiger partial charge in [-0.3, -0.25) is 4.98 Å². The van der Waals surface area contributed by atoms with E-state index in [1.165, 1.54) is 18.2 Å². The summed E-state index contributed by atoms with van der Waals surface area (Å²) < 4.78 is 18.3. The van der Waals surface area contributed by atoms with Crippen molar-refractivity contribution in [2.75, 3.05) is 5.73 Å². The monoisotopic (exact) mass is 270 g/mol. The molecular weight excluding hydrogens is 259 g/mol. The van der Waals surface area contributed by atoms with E-state index in [0.29, 0.717) is 17.1 Å². The molecule has 20 heavy (non-hydrogen) atoms. The van der Waals surface area contributed by atoms with Crippen LogP contribution in [0.1, 0.15) is 5.56 Å². The molecule has 0 radical (unpaired) electrons. The molecule has 0 saturated carbocycles. The molecule has 0 aliphatic rings. The Morgan fingerprint density at radius 3 is 2.80 bits per heavy atom. The molecule has 3 aromatic rings. The number of nitrogens with zero attached hydrogens (tertiary/aromatic N) is 3. The maximum Gasteiger partial charge on any atom is 0.258 e. The van der Waals surface area contributed by atoms with Crippen LogP contribution in [0, 0.1) is 12.7 Å². The Labute approximate surface area is 114 Å². The highest BCUT2D eigenvalue weighted by Gasteiger charge is 2.12. The third kappa shape index (κ3) is 2.23. The minimum absolute atomic E-state index is 0.0379. The van der Waals surface area contributed by atoms with Crippen LogP contribution in [0.3, 0.4) is 0 Å². The lowest BCUT2D eigenvalue weighted by molar-refractivity contribution is 0.432. The summed E-state index contributed by atoms with van der Waals surface area (Å²) in [7, 11) is 0. The standard InChI is InChI=1S/C14H11FN4O/c1-8-4-5-17-12(6-8)13-18-14(20-19-13)9-2-3-10(15)11(16)7-9/h2-7H,16H2,1H3. The molecule has 0 fully saturated rings. The summed E-state index contributed by atoms with van der Waals surface area (Å²) in [4.78, 5) is 8.42. The number of hydrogen-bond donors (Lipinski definition) is 1. The predicted octanol–water partition coefficient (Wildman–Crippen LogP) is 2.83. The molecule has 6 heteroatoms. The van der Waals surface area contributed by atoms with E-state index in [2.05, 4.69) is 15.1 Å². The van der Waals surface area contributed by atoms with E-state index in [9.17, 15) is 4.39 Å². The van der Waals surface area contributed by atoms with Crippen molar-refractivity contribution in [1.29, 1.82) is 0 Å². The van der Waals surface area contributed by atoms with Crippen molar-refractivity contribution in [2.45, 2.75) is 6.92 Å². The lowest BCUT2D eigenvalue weighted by Gasteiger charge is -1.98. The van der Waals surface area contributed by atoms with E-state index in [0.717, 1.165) is 5.56 Å². The average Bonchev–Trinajstić information content (AvgIpc) is 2.92. The van der Waals surface area contributed by atoms with E-state index in [-0.39, 0.29) is 11.6 Å². The van der Waals surface area contributed by atoms with Gasteiger partial charge in [-0.25, -0.2) is 4.39 Å². The van der Waals surface area contributed by atoms with Crippen molar-refractivity contribution in [2.24, 2.45) is 0 Å². The molecule has 5 nitrogen and oxygen atoms in total. The zero-order chi connectivity index (χ0) is 14.1. The van der Waals surface area contributed by atoms with Crippen molar-refractivity contribution in [1.82, 2.24) is 15.1 Å². The summed E-state index contributed by atoms with van der Waals surface area (Å²) in [5.74, 6) is 0.176. The summed E-state index contributed by atoms with van der Waals surface area (Å²) in [5.41, 5.74) is 7.79. The molecule has 0 aliphatic carbocycles. The maximum atomic E-state index is 13.1. The summed E-state index contributed by atoms with van der Waals surface area (Å²) in [5, 5.41) is 3.87. The Morgan fingerprint density at radius 1 is 1.20 bits per heavy atom. The number of pyridine rings is 1. The second-order valence-corrected chi connectivity index (χ2v) is 4.38. The zero-order valence-corrected chi connectivity index (χ0v) is 10.7. The fourth-order valence-electron chi connectivity index (χ4n) is 1.78. The van der Waals surface area contributed by atoms with E-state index in [1.807, 2.05) is 19.1 Å². The van der Waals surface area contributed by atoms with Crippen LogP contribution in [-0.2, 0) is 0 Å². The third-order valence-electron chi connectivity index (χ3n) is 2.81. The van der Waals surface area contributed by atoms with E-state index in [1.54, 1.807) is 6.20 Å². The minimum atomic E-state index is -0.478. The number of rotatable bonds is 2. The van der Waals surface area contributed by atoms with Gasteiger partial charge in [0.25, 0.3) is 5.89 Å². The fraction of sp³-hybridized carbons (Fsp3) is 0.0714. The van der Waals surface area contributed by atoms with Crippen LogP contribution in [0.15, 0.2) is 41.1 Å². The fourth-order valence-corrected chi connectivity index (χ4v) is 1.78. The molecule has 1 aromatic carbocycles. The largest absolute Gasteiger partial charge is 0.396 e. The summed E-state index contributed by atoms with van der Waals surface area (Å²) in [6.45, 7) is 1.95. The first-order chi connectivity index (χ1) is 9.63. The molecular formula is C14H11FN4O. The van der Waals surface area contributed by atoms with Crippen molar-refractivity contribution in [3.05, 3.63) is 47.9 Å². The molecule has 3 rings (SSSR count). The van der Waals surface area contributed by atoms with Crippen LogP contribution in [0.25, 0.3) is 23.0 Å². The number of aryl methyl sites for hydroxylation is 1. The van der Waals surface area contributed by atoms with Gasteiger partial charge in [0, 0.05) is 11.8 Å². The first-order valence-electron chi connectivity index (χ1n) is 5.95. The summed E-state index contributed by atoms with van der Waals surface area (Å²) >= 11 is 0. The highest BCUT2D eigenvalue weighted by atomic mass is 19.1. The van der Waals surface area contributed by atoms with Gasteiger partial charge in [0.2, 0.25) is 5.82 Å². The molecule has 2 aromatic heterocycles. The Bertz CT molecular complexity index is 769. The van der Waals surface area contributed by atoms with Crippen LogP contribution >= 0.6 is 0 Å². The molecule has 2 heterocycles. The van der Waals surface area contributed by atoms with Crippen molar-refractivity contribution < 1.29 is 8.91 Å². The van der Waals surface area contributed by atoms with Gasteiger partial charge in [-0.1, -0.05) is 5.16 Å². The number of hydrogen-bond acceptors (Lipinski definition) is 5. The Kier molecular flexibility index (Phi) is 2.90. The van der Waals surface area contributed by atoms with Gasteiger partial charge in [-0.15, -0.1) is 0 Å². The predicted molar refractivity (Wildman–Crippen MR) is 72.1 cm³/mol. The quantitative estimate of drug-likeness (QED) is 0.724. The second kappa shape index (κ2) is 4.73. The molecule has 0 spiro atoms. The molecule has 100 valence electrons. The van der Waals surface area contributed by atoms with Crippen LogP contribution in [0.4, 0.5) is 10.1 Å². The number of nitrogens with two attached hydrogens (primary N) is 1. The van der Waals surface area contributed by atoms with Gasteiger partial charge in [0.1, 0.15) is 11.5 Å². The minimum Gasteiger partial charge on any atom is -0.396 e. The topological polar surface area (TPSA) is 77.8 Å². The lowest BCUT2D eigenvalue weighted by Crippen LogP contribution is -1.91. The van der Waals surface area contributed by atoms with E-state index in [4.69, 9.17) is 10.3 Å². The third-order valence-corrected chi connectivity index (χ3v) is 2.81. The lowest BCUT2D eigenvalue weighted by atomic mass is 10.2. The Hall–Kier alpha value is -2.76. The smallest absolute Gasteiger partial charge is 0.258 e. The van der Waals surface area contributed by atoms with E-state index >= 15 is 0 Å². The SMILES string of the molecule is Cc1ccnc(-c2noc(-c3ccc(F)c(N)c3)n2)c1. The van der Waals surface area contributed by atoms with Gasteiger partial charge in [0.05, 0.1) is 5.69 Å². The Morgan fingerprint density at radius 2 is 2.05 bits per heavy atom. The van der Waals surface area contributed by atoms with Gasteiger partial charge in [-0.2, -0.15) is 4.98 Å². The van der Waals surface area contributed by atoms with Gasteiger partial charge >= 0.3 is 0 Å². The first kappa shape index (κ1) is 12.3. The number of anilines is 1. The molecule has 0 bridgehead atoms. The number of aromatic nitrogens is 3. The zero-order valence-electron chi connectivity index (χ0n) is 10.7. The molecule has 0 atom stereocenters. The normalized spacial score (nSPS) is 10.7. The van der Waals surface area contributed by atoms with Crippen molar-refractivity contribution in [3.63, 3.8) is 0 Å².